The van der Waals surface area contributed by atoms with E-state index in [4.69, 9.17) is 0 Å². The van der Waals surface area contributed by atoms with Crippen LogP contribution < -0.4 is 10.9 Å². The Bertz CT molecular complexity index is 1440. The predicted molar refractivity (Wildman–Crippen MR) is 134 cm³/mol. The number of carbonyl (C=O) groups is 1. The van der Waals surface area contributed by atoms with Crippen molar-refractivity contribution in [3.05, 3.63) is 62.6 Å². The Morgan fingerprint density at radius 3 is 2.70 bits per heavy atom. The maximum atomic E-state index is 13.1. The Labute approximate surface area is 199 Å². The van der Waals surface area contributed by atoms with E-state index >= 15 is 0 Å². The monoisotopic (exact) mass is 479 g/mol. The smallest absolute Gasteiger partial charge is 0.295 e. The fraction of sp³-hybridized carbons (Fsp3) is 0.333. The molecule has 9 heteroatoms. The van der Waals surface area contributed by atoms with Gasteiger partial charge in [-0.15, -0.1) is 11.3 Å². The molecule has 0 saturated heterocycles. The van der Waals surface area contributed by atoms with Crippen LogP contribution in [0.3, 0.4) is 0 Å². The number of anilines is 1. The molecule has 1 aliphatic rings. The molecule has 4 aromatic rings. The highest BCUT2D eigenvalue weighted by atomic mass is 32.2. The number of rotatable bonds is 5. The molecule has 0 spiro atoms. The number of aromatic nitrogens is 4. The van der Waals surface area contributed by atoms with Gasteiger partial charge in [0.05, 0.1) is 16.6 Å². The molecule has 0 radical (unpaired) electrons. The molecule has 1 aromatic carbocycles. The fourth-order valence-electron chi connectivity index (χ4n) is 4.31. The highest BCUT2D eigenvalue weighted by Crippen LogP contribution is 2.41. The summed E-state index contributed by atoms with van der Waals surface area (Å²) in [6, 6.07) is 9.40. The van der Waals surface area contributed by atoms with Crippen molar-refractivity contribution in [2.24, 2.45) is 7.05 Å². The summed E-state index contributed by atoms with van der Waals surface area (Å²) in [6.45, 7) is 5.57. The molecule has 0 bridgehead atoms. The summed E-state index contributed by atoms with van der Waals surface area (Å²) >= 11 is 3.18. The quantitative estimate of drug-likeness (QED) is 0.339. The molecular weight excluding hydrogens is 454 g/mol. The van der Waals surface area contributed by atoms with E-state index in [0.29, 0.717) is 17.2 Å². The van der Waals surface area contributed by atoms with Crippen LogP contribution in [0.2, 0.25) is 0 Å². The van der Waals surface area contributed by atoms with Crippen LogP contribution in [0.4, 0.5) is 5.69 Å². The number of hydrogen-bond donors (Lipinski definition) is 1. The Kier molecular flexibility index (Phi) is 5.62. The van der Waals surface area contributed by atoms with Crippen LogP contribution in [0.1, 0.15) is 35.3 Å². The minimum absolute atomic E-state index is 0.220. The Hall–Kier alpha value is -2.91. The van der Waals surface area contributed by atoms with E-state index in [2.05, 4.69) is 15.3 Å². The van der Waals surface area contributed by atoms with Gasteiger partial charge in [0, 0.05) is 17.3 Å². The zero-order valence-corrected chi connectivity index (χ0v) is 20.6. The number of carbonyl (C=O) groups excluding carboxylic acids is 1. The van der Waals surface area contributed by atoms with Crippen LogP contribution in [-0.2, 0) is 24.7 Å². The van der Waals surface area contributed by atoms with Crippen LogP contribution in [0, 0.1) is 13.8 Å². The first-order valence-corrected chi connectivity index (χ1v) is 12.6. The zero-order chi connectivity index (χ0) is 23.3. The number of amides is 1. The summed E-state index contributed by atoms with van der Waals surface area (Å²) < 4.78 is 3.33. The lowest BCUT2D eigenvalue weighted by Gasteiger charge is -2.12. The molecule has 1 aliphatic carbocycles. The number of nitrogens with zero attached hydrogens (tertiary/aromatic N) is 4. The molecule has 0 aliphatic heterocycles. The summed E-state index contributed by atoms with van der Waals surface area (Å²) in [4.78, 5) is 38.0. The first kappa shape index (κ1) is 21.9. The van der Waals surface area contributed by atoms with E-state index in [-0.39, 0.29) is 11.5 Å². The van der Waals surface area contributed by atoms with Gasteiger partial charge >= 0.3 is 0 Å². The van der Waals surface area contributed by atoms with E-state index in [0.717, 1.165) is 40.2 Å². The summed E-state index contributed by atoms with van der Waals surface area (Å²) in [5.74, 6) is 0.490. The summed E-state index contributed by atoms with van der Waals surface area (Å²) in [7, 11) is 1.81. The number of fused-ring (bicyclic) bond motifs is 3. The molecule has 7 nitrogen and oxygen atoms in total. The molecule has 3 aromatic heterocycles. The van der Waals surface area contributed by atoms with Gasteiger partial charge in [-0.2, -0.15) is 0 Å². The zero-order valence-electron chi connectivity index (χ0n) is 19.0. The first-order chi connectivity index (χ1) is 15.8. The molecule has 0 saturated carbocycles. The topological polar surface area (TPSA) is 81.8 Å². The third kappa shape index (κ3) is 3.79. The molecular formula is C24H25N5O2S2. The highest BCUT2D eigenvalue weighted by molar-refractivity contribution is 8.00. The molecule has 0 fully saturated rings. The van der Waals surface area contributed by atoms with Crippen LogP contribution in [-0.4, -0.2) is 30.5 Å². The number of thiophene rings is 1. The predicted octanol–water partition coefficient (Wildman–Crippen LogP) is 4.41. The minimum atomic E-state index is -0.427. The number of para-hydroxylation sites is 1. The van der Waals surface area contributed by atoms with E-state index < -0.39 is 5.25 Å². The third-order valence-electron chi connectivity index (χ3n) is 6.10. The fourth-order valence-corrected chi connectivity index (χ4v) is 6.70. The Morgan fingerprint density at radius 2 is 1.94 bits per heavy atom. The van der Waals surface area contributed by atoms with Crippen molar-refractivity contribution >= 4 is 44.9 Å². The second-order valence-electron chi connectivity index (χ2n) is 8.30. The van der Waals surface area contributed by atoms with Crippen molar-refractivity contribution in [3.8, 4) is 5.69 Å². The second-order valence-corrected chi connectivity index (χ2v) is 10.7. The SMILES string of the molecule is Cc1nc(SC(C)C(=O)Nc2c(C)n(C)n(-c3ccccc3)c2=O)c2c3c(sc2n1)CCC3. The molecule has 1 unspecified atom stereocenters. The third-order valence-corrected chi connectivity index (χ3v) is 8.38. The van der Waals surface area contributed by atoms with E-state index in [9.17, 15) is 9.59 Å². The number of thioether (sulfide) groups is 1. The van der Waals surface area contributed by atoms with Gasteiger partial charge in [-0.25, -0.2) is 14.6 Å². The maximum absolute atomic E-state index is 13.1. The minimum Gasteiger partial charge on any atom is -0.319 e. The first-order valence-electron chi connectivity index (χ1n) is 11.0. The summed E-state index contributed by atoms with van der Waals surface area (Å²) in [5, 5.41) is 4.41. The Balaban J connectivity index is 1.43. The highest BCUT2D eigenvalue weighted by Gasteiger charge is 2.26. The van der Waals surface area contributed by atoms with E-state index in [1.54, 1.807) is 20.7 Å². The molecule has 170 valence electrons. The van der Waals surface area contributed by atoms with Crippen molar-refractivity contribution in [3.63, 3.8) is 0 Å². The van der Waals surface area contributed by atoms with Gasteiger partial charge in [-0.05, 0) is 57.7 Å². The van der Waals surface area contributed by atoms with Crippen molar-refractivity contribution < 1.29 is 4.79 Å². The van der Waals surface area contributed by atoms with Crippen molar-refractivity contribution in [2.75, 3.05) is 5.32 Å². The number of benzene rings is 1. The second kappa shape index (κ2) is 8.46. The molecule has 5 rings (SSSR count). The van der Waals surface area contributed by atoms with Gasteiger partial charge in [0.1, 0.15) is 21.4 Å². The normalized spacial score (nSPS) is 13.9. The maximum Gasteiger partial charge on any atom is 0.295 e. The van der Waals surface area contributed by atoms with Gasteiger partial charge in [-0.1, -0.05) is 30.0 Å². The lowest BCUT2D eigenvalue weighted by molar-refractivity contribution is -0.115. The summed E-state index contributed by atoms with van der Waals surface area (Å²) in [6.07, 6.45) is 3.29. The van der Waals surface area contributed by atoms with Gasteiger partial charge in [-0.3, -0.25) is 14.3 Å². The standard InChI is InChI=1S/C24H25N5O2S2/c1-13-20(24(31)29(28(13)4)16-9-6-5-7-10-16)27-21(30)14(2)32-22-19-17-11-8-12-18(17)33-23(19)26-15(3)25-22/h5-7,9-10,14H,8,11-12H2,1-4H3,(H,27,30). The van der Waals surface area contributed by atoms with Crippen LogP contribution in [0.5, 0.6) is 0 Å². The molecule has 33 heavy (non-hydrogen) atoms. The number of hydrogen-bond acceptors (Lipinski definition) is 6. The average Bonchev–Trinajstić information content (AvgIpc) is 3.43. The largest absolute Gasteiger partial charge is 0.319 e. The lowest BCUT2D eigenvalue weighted by atomic mass is 10.2. The van der Waals surface area contributed by atoms with Gasteiger partial charge in [0.25, 0.3) is 5.56 Å². The van der Waals surface area contributed by atoms with Crippen molar-refractivity contribution in [2.45, 2.75) is 50.3 Å². The lowest BCUT2D eigenvalue weighted by Crippen LogP contribution is -2.27. The number of nitrogens with one attached hydrogen (secondary N) is 1. The molecule has 1 N–H and O–H groups in total. The van der Waals surface area contributed by atoms with Crippen molar-refractivity contribution in [1.29, 1.82) is 0 Å². The molecule has 1 amide bonds. The van der Waals surface area contributed by atoms with Gasteiger partial charge in [0.2, 0.25) is 5.91 Å². The molecule has 3 heterocycles. The van der Waals surface area contributed by atoms with Crippen LogP contribution >= 0.6 is 23.1 Å². The Morgan fingerprint density at radius 1 is 1.18 bits per heavy atom. The van der Waals surface area contributed by atoms with E-state index in [1.165, 1.54) is 22.2 Å². The van der Waals surface area contributed by atoms with Gasteiger partial charge < -0.3 is 5.32 Å². The van der Waals surface area contributed by atoms with Crippen LogP contribution in [0.25, 0.3) is 15.9 Å². The number of aryl methyl sites for hydroxylation is 3. The average molecular weight is 480 g/mol. The summed E-state index contributed by atoms with van der Waals surface area (Å²) in [5.41, 5.74) is 2.85. The van der Waals surface area contributed by atoms with Crippen molar-refractivity contribution in [1.82, 2.24) is 19.3 Å². The van der Waals surface area contributed by atoms with Gasteiger partial charge in [0.15, 0.2) is 0 Å². The van der Waals surface area contributed by atoms with Crippen LogP contribution in [0.15, 0.2) is 40.2 Å². The molecule has 1 atom stereocenters. The van der Waals surface area contributed by atoms with E-state index in [1.807, 2.05) is 58.2 Å².